The van der Waals surface area contributed by atoms with Crippen LogP contribution in [-0.4, -0.2) is 52.5 Å². The monoisotopic (exact) mass is 360 g/mol. The summed E-state index contributed by atoms with van der Waals surface area (Å²) in [6.45, 7) is 1.84. The molecule has 0 aromatic heterocycles. The van der Waals surface area contributed by atoms with Crippen LogP contribution in [0.4, 0.5) is 0 Å². The second-order valence-corrected chi connectivity index (χ2v) is 7.86. The van der Waals surface area contributed by atoms with Crippen LogP contribution in [0.5, 0.6) is 0 Å². The van der Waals surface area contributed by atoms with Gasteiger partial charge in [-0.15, -0.1) is 0 Å². The lowest BCUT2D eigenvalue weighted by molar-refractivity contribution is 0.0600. The van der Waals surface area contributed by atoms with E-state index in [0.29, 0.717) is 19.0 Å². The Morgan fingerprint density at radius 3 is 2.57 bits per heavy atom. The highest BCUT2D eigenvalue weighted by atomic mass is 35.5. The van der Waals surface area contributed by atoms with E-state index >= 15 is 0 Å². The number of nitrogens with zero attached hydrogens (tertiary/aromatic N) is 1. The highest BCUT2D eigenvalue weighted by Gasteiger charge is 2.30. The molecule has 1 fully saturated rings. The molecule has 128 valence electrons. The average Bonchev–Trinajstić information content (AvgIpc) is 2.54. The van der Waals surface area contributed by atoms with Gasteiger partial charge in [-0.1, -0.05) is 11.6 Å². The number of hydrogen-bond donors (Lipinski definition) is 1. The molecule has 1 heterocycles. The lowest BCUT2D eigenvalue weighted by Crippen LogP contribution is -2.40. The van der Waals surface area contributed by atoms with Gasteiger partial charge in [0.05, 0.1) is 17.7 Å². The molecular weight excluding hydrogens is 340 g/mol. The fourth-order valence-electron chi connectivity index (χ4n) is 2.74. The second-order valence-electron chi connectivity index (χ2n) is 5.54. The van der Waals surface area contributed by atoms with Crippen LogP contribution in [0.25, 0.3) is 0 Å². The van der Waals surface area contributed by atoms with Gasteiger partial charge in [0, 0.05) is 13.1 Å². The van der Waals surface area contributed by atoms with Crippen molar-refractivity contribution in [2.24, 2.45) is 5.92 Å². The summed E-state index contributed by atoms with van der Waals surface area (Å²) in [4.78, 5) is 11.5. The molecule has 1 aromatic carbocycles. The zero-order valence-electron chi connectivity index (χ0n) is 13.2. The number of piperidine rings is 1. The lowest BCUT2D eigenvalue weighted by Gasteiger charge is -2.31. The average molecular weight is 361 g/mol. The molecule has 0 atom stereocenters. The van der Waals surface area contributed by atoms with Crippen LogP contribution in [0.1, 0.15) is 23.2 Å². The summed E-state index contributed by atoms with van der Waals surface area (Å²) in [5.41, 5.74) is 0.226. The summed E-state index contributed by atoms with van der Waals surface area (Å²) in [5.74, 6) is -0.0626. The second kappa shape index (κ2) is 7.61. The van der Waals surface area contributed by atoms with E-state index in [1.165, 1.54) is 29.6 Å². The van der Waals surface area contributed by atoms with Gasteiger partial charge in [0.2, 0.25) is 10.0 Å². The first-order valence-electron chi connectivity index (χ1n) is 7.42. The molecule has 0 unspecified atom stereocenters. The van der Waals surface area contributed by atoms with Crippen molar-refractivity contribution in [3.8, 4) is 0 Å². The van der Waals surface area contributed by atoms with E-state index in [0.717, 1.165) is 19.4 Å². The van der Waals surface area contributed by atoms with E-state index in [4.69, 9.17) is 11.6 Å². The number of halogens is 1. The molecule has 2 rings (SSSR count). The third-order valence-electron chi connectivity index (χ3n) is 4.04. The van der Waals surface area contributed by atoms with Crippen molar-refractivity contribution < 1.29 is 17.9 Å². The number of hydrogen-bond acceptors (Lipinski definition) is 5. The number of benzene rings is 1. The molecule has 8 heteroatoms. The van der Waals surface area contributed by atoms with E-state index in [1.54, 1.807) is 0 Å². The SMILES string of the molecule is CNCC1CCN(S(=O)(=O)c2ccc(C(=O)OC)cc2Cl)CC1. The summed E-state index contributed by atoms with van der Waals surface area (Å²) < 4.78 is 31.5. The van der Waals surface area contributed by atoms with Crippen LogP contribution in [0.2, 0.25) is 5.02 Å². The maximum atomic E-state index is 12.7. The summed E-state index contributed by atoms with van der Waals surface area (Å²) >= 11 is 6.09. The minimum atomic E-state index is -3.65. The molecule has 0 spiro atoms. The van der Waals surface area contributed by atoms with E-state index in [-0.39, 0.29) is 15.5 Å². The molecule has 23 heavy (non-hydrogen) atoms. The Balaban J connectivity index is 2.19. The number of sulfonamides is 1. The minimum absolute atomic E-state index is 0.0267. The van der Waals surface area contributed by atoms with Gasteiger partial charge >= 0.3 is 5.97 Å². The Hall–Kier alpha value is -1.15. The molecule has 0 bridgehead atoms. The number of carbonyl (C=O) groups is 1. The molecular formula is C15H21ClN2O4S. The number of methoxy groups -OCH3 is 1. The molecule has 1 N–H and O–H groups in total. The largest absolute Gasteiger partial charge is 0.465 e. The topological polar surface area (TPSA) is 75.7 Å². The summed E-state index contributed by atoms with van der Waals surface area (Å²) in [7, 11) is -0.497. The zero-order chi connectivity index (χ0) is 17.0. The number of ether oxygens (including phenoxy) is 1. The Bertz CT molecular complexity index is 670. The van der Waals surface area contributed by atoms with Gasteiger partial charge in [0.25, 0.3) is 0 Å². The Morgan fingerprint density at radius 2 is 2.04 bits per heavy atom. The summed E-state index contributed by atoms with van der Waals surface area (Å²) in [6.07, 6.45) is 1.63. The van der Waals surface area contributed by atoms with Crippen LogP contribution in [0.15, 0.2) is 23.1 Å². The van der Waals surface area contributed by atoms with Crippen molar-refractivity contribution in [1.29, 1.82) is 0 Å². The van der Waals surface area contributed by atoms with Crippen LogP contribution < -0.4 is 5.32 Å². The lowest BCUT2D eigenvalue weighted by atomic mass is 9.98. The van der Waals surface area contributed by atoms with Crippen molar-refractivity contribution in [2.45, 2.75) is 17.7 Å². The summed E-state index contributed by atoms with van der Waals surface area (Å²) in [6, 6.07) is 4.11. The van der Waals surface area contributed by atoms with Crippen molar-refractivity contribution in [3.63, 3.8) is 0 Å². The third-order valence-corrected chi connectivity index (χ3v) is 6.42. The normalized spacial score (nSPS) is 17.2. The maximum Gasteiger partial charge on any atom is 0.337 e. The van der Waals surface area contributed by atoms with Gasteiger partial charge in [0.15, 0.2) is 0 Å². The van der Waals surface area contributed by atoms with Gasteiger partial charge in [-0.2, -0.15) is 4.31 Å². The van der Waals surface area contributed by atoms with Crippen molar-refractivity contribution in [3.05, 3.63) is 28.8 Å². The van der Waals surface area contributed by atoms with Crippen molar-refractivity contribution in [1.82, 2.24) is 9.62 Å². The molecule has 0 aliphatic carbocycles. The zero-order valence-corrected chi connectivity index (χ0v) is 14.8. The van der Waals surface area contributed by atoms with E-state index in [9.17, 15) is 13.2 Å². The first kappa shape index (κ1) is 18.2. The molecule has 6 nitrogen and oxygen atoms in total. The third kappa shape index (κ3) is 4.03. The number of rotatable bonds is 5. The van der Waals surface area contributed by atoms with Crippen LogP contribution in [0.3, 0.4) is 0 Å². The first-order chi connectivity index (χ1) is 10.9. The molecule has 0 radical (unpaired) electrons. The first-order valence-corrected chi connectivity index (χ1v) is 9.24. The van der Waals surface area contributed by atoms with E-state index in [2.05, 4.69) is 10.1 Å². The van der Waals surface area contributed by atoms with Gasteiger partial charge in [-0.05, 0) is 50.6 Å². The van der Waals surface area contributed by atoms with Gasteiger partial charge in [-0.25, -0.2) is 13.2 Å². The van der Waals surface area contributed by atoms with Crippen LogP contribution in [0, 0.1) is 5.92 Å². The standard InChI is InChI=1S/C15H21ClN2O4S/c1-17-10-11-5-7-18(8-6-11)23(20,21)14-4-3-12(9-13(14)16)15(19)22-2/h3-4,9,11,17H,5-8,10H2,1-2H3. The maximum absolute atomic E-state index is 12.7. The Labute approximate surface area is 141 Å². The minimum Gasteiger partial charge on any atom is -0.465 e. The Kier molecular flexibility index (Phi) is 6.02. The van der Waals surface area contributed by atoms with E-state index in [1.807, 2.05) is 7.05 Å². The number of carbonyl (C=O) groups excluding carboxylic acids is 1. The molecule has 0 amide bonds. The molecule has 1 aliphatic rings. The van der Waals surface area contributed by atoms with Crippen LogP contribution in [-0.2, 0) is 14.8 Å². The predicted molar refractivity (Wildman–Crippen MR) is 88.2 cm³/mol. The highest BCUT2D eigenvalue weighted by molar-refractivity contribution is 7.89. The van der Waals surface area contributed by atoms with Crippen molar-refractivity contribution >= 4 is 27.6 Å². The molecule has 1 aromatic rings. The number of nitrogens with one attached hydrogen (secondary N) is 1. The fraction of sp³-hybridized carbons (Fsp3) is 0.533. The highest BCUT2D eigenvalue weighted by Crippen LogP contribution is 2.29. The molecule has 1 aliphatic heterocycles. The quantitative estimate of drug-likeness (QED) is 0.809. The van der Waals surface area contributed by atoms with Gasteiger partial charge in [-0.3, -0.25) is 0 Å². The predicted octanol–water partition coefficient (Wildman–Crippen LogP) is 1.75. The van der Waals surface area contributed by atoms with E-state index < -0.39 is 16.0 Å². The molecule has 1 saturated heterocycles. The Morgan fingerprint density at radius 1 is 1.39 bits per heavy atom. The summed E-state index contributed by atoms with van der Waals surface area (Å²) in [5, 5.41) is 3.15. The van der Waals surface area contributed by atoms with Gasteiger partial charge in [0.1, 0.15) is 4.90 Å². The smallest absolute Gasteiger partial charge is 0.337 e. The fourth-order valence-corrected chi connectivity index (χ4v) is 4.72. The van der Waals surface area contributed by atoms with Crippen molar-refractivity contribution in [2.75, 3.05) is 33.8 Å². The van der Waals surface area contributed by atoms with Gasteiger partial charge < -0.3 is 10.1 Å². The molecule has 0 saturated carbocycles. The van der Waals surface area contributed by atoms with Crippen LogP contribution >= 0.6 is 11.6 Å². The number of esters is 1.